The summed E-state index contributed by atoms with van der Waals surface area (Å²) < 4.78 is 7.82. The van der Waals surface area contributed by atoms with Crippen molar-refractivity contribution in [1.29, 1.82) is 0 Å². The van der Waals surface area contributed by atoms with Crippen LogP contribution in [0.5, 0.6) is 5.75 Å². The number of fused-ring (bicyclic) bond motifs is 2. The lowest BCUT2D eigenvalue weighted by Gasteiger charge is -2.23. The molecule has 2 aromatic heterocycles. The molecule has 39 heavy (non-hydrogen) atoms. The molecule has 4 aromatic rings. The maximum absolute atomic E-state index is 13.1. The summed E-state index contributed by atoms with van der Waals surface area (Å²) in [4.78, 5) is 40.1. The number of pyridine rings is 1. The predicted octanol–water partition coefficient (Wildman–Crippen LogP) is 4.55. The minimum Gasteiger partial charge on any atom is -0.492 e. The Bertz CT molecular complexity index is 1500. The van der Waals surface area contributed by atoms with Crippen LogP contribution in [0.15, 0.2) is 73.4 Å². The molecule has 1 aliphatic heterocycles. The Balaban J connectivity index is 1.40. The fourth-order valence-electron chi connectivity index (χ4n) is 4.58. The van der Waals surface area contributed by atoms with Gasteiger partial charge in [0.05, 0.1) is 47.4 Å². The molecule has 2 amide bonds. The van der Waals surface area contributed by atoms with Crippen molar-refractivity contribution in [2.75, 3.05) is 49.4 Å². The van der Waals surface area contributed by atoms with Gasteiger partial charge in [0.25, 0.3) is 11.8 Å². The number of carbonyl (C=O) groups is 2. The second kappa shape index (κ2) is 10.9. The number of imidazole rings is 1. The number of likely N-dealkylation sites (N-methyl/N-ethyl adjacent to an activating group) is 1. The minimum atomic E-state index is -0.0984. The van der Waals surface area contributed by atoms with Gasteiger partial charge in [-0.3, -0.25) is 9.59 Å². The molecule has 200 valence electrons. The molecule has 0 radical (unpaired) electrons. The van der Waals surface area contributed by atoms with E-state index in [4.69, 9.17) is 4.74 Å². The molecule has 1 aliphatic rings. The second-order valence-corrected chi connectivity index (χ2v) is 9.29. The zero-order chi connectivity index (χ0) is 27.5. The Labute approximate surface area is 227 Å². The average Bonchev–Trinajstić information content (AvgIpc) is 3.47. The molecule has 5 rings (SSSR count). The molecule has 0 saturated carbocycles. The summed E-state index contributed by atoms with van der Waals surface area (Å²) >= 11 is 0. The first-order chi connectivity index (χ1) is 18.9. The standard InChI is InChI=1S/C29H31N7O3/c1-5-39-26-16-20(28(37)33(2)14-15-36-13-12-30-19-36)10-11-22(26)32-27-17-24-25(18-31-27)35(4)29(38)21-8-6-7-9-23(21)34(24)3/h6-13,16-19H,5,14-15H2,1-4H3,(H,31,32). The van der Waals surface area contributed by atoms with Crippen LogP contribution in [0.25, 0.3) is 0 Å². The minimum absolute atomic E-state index is 0.0902. The number of carbonyl (C=O) groups excluding carboxylic acids is 2. The van der Waals surface area contributed by atoms with E-state index in [1.54, 1.807) is 54.7 Å². The number of rotatable bonds is 8. The maximum Gasteiger partial charge on any atom is 0.260 e. The van der Waals surface area contributed by atoms with Crippen LogP contribution in [0.4, 0.5) is 28.6 Å². The largest absolute Gasteiger partial charge is 0.492 e. The van der Waals surface area contributed by atoms with Gasteiger partial charge in [-0.1, -0.05) is 12.1 Å². The van der Waals surface area contributed by atoms with Crippen molar-refractivity contribution in [3.8, 4) is 5.75 Å². The van der Waals surface area contributed by atoms with Crippen LogP contribution in [0.3, 0.4) is 0 Å². The zero-order valence-electron chi connectivity index (χ0n) is 22.5. The third-order valence-corrected chi connectivity index (χ3v) is 6.78. The molecule has 0 fully saturated rings. The lowest BCUT2D eigenvalue weighted by atomic mass is 10.1. The molecule has 2 aromatic carbocycles. The van der Waals surface area contributed by atoms with Crippen molar-refractivity contribution in [2.45, 2.75) is 13.5 Å². The Hall–Kier alpha value is -4.86. The number of hydrogen-bond donors (Lipinski definition) is 1. The van der Waals surface area contributed by atoms with Crippen LogP contribution in [0.1, 0.15) is 27.6 Å². The van der Waals surface area contributed by atoms with Crippen LogP contribution in [0.2, 0.25) is 0 Å². The Morgan fingerprint density at radius 3 is 2.64 bits per heavy atom. The van der Waals surface area contributed by atoms with Crippen molar-refractivity contribution in [3.63, 3.8) is 0 Å². The summed E-state index contributed by atoms with van der Waals surface area (Å²) in [6, 6.07) is 14.8. The first-order valence-electron chi connectivity index (χ1n) is 12.7. The molecule has 0 spiro atoms. The Morgan fingerprint density at radius 2 is 1.87 bits per heavy atom. The number of nitrogens with one attached hydrogen (secondary N) is 1. The molecular formula is C29H31N7O3. The van der Waals surface area contributed by atoms with Crippen molar-refractivity contribution in [3.05, 3.63) is 84.6 Å². The first kappa shape index (κ1) is 25.8. The van der Waals surface area contributed by atoms with Gasteiger partial charge in [0.2, 0.25) is 0 Å². The molecule has 0 bridgehead atoms. The van der Waals surface area contributed by atoms with Gasteiger partial charge in [-0.05, 0) is 37.3 Å². The lowest BCUT2D eigenvalue weighted by Crippen LogP contribution is -2.30. The van der Waals surface area contributed by atoms with Crippen LogP contribution in [-0.4, -0.2) is 65.5 Å². The SMILES string of the molecule is CCOc1cc(C(=O)N(C)CCn2ccnc2)ccc1Nc1cc2c(cn1)N(C)C(=O)c1ccccc1N2C. The number of nitrogens with zero attached hydrogens (tertiary/aromatic N) is 6. The van der Waals surface area contributed by atoms with Gasteiger partial charge < -0.3 is 29.3 Å². The number of amides is 2. The number of para-hydroxylation sites is 1. The molecule has 1 N–H and O–H groups in total. The summed E-state index contributed by atoms with van der Waals surface area (Å²) in [7, 11) is 5.46. The number of anilines is 5. The van der Waals surface area contributed by atoms with Crippen molar-refractivity contribution < 1.29 is 14.3 Å². The Morgan fingerprint density at radius 1 is 1.05 bits per heavy atom. The van der Waals surface area contributed by atoms with E-state index in [2.05, 4.69) is 15.3 Å². The molecule has 10 nitrogen and oxygen atoms in total. The van der Waals surface area contributed by atoms with E-state index in [-0.39, 0.29) is 11.8 Å². The third-order valence-electron chi connectivity index (χ3n) is 6.78. The third kappa shape index (κ3) is 5.13. The predicted molar refractivity (Wildman–Crippen MR) is 152 cm³/mol. The van der Waals surface area contributed by atoms with E-state index in [1.165, 1.54) is 0 Å². The highest BCUT2D eigenvalue weighted by Crippen LogP contribution is 2.40. The summed E-state index contributed by atoms with van der Waals surface area (Å²) in [5.74, 6) is 0.943. The molecule has 0 atom stereocenters. The normalized spacial score (nSPS) is 12.5. The van der Waals surface area contributed by atoms with Crippen LogP contribution in [-0.2, 0) is 6.54 Å². The summed E-state index contributed by atoms with van der Waals surface area (Å²) in [6.45, 7) is 3.54. The van der Waals surface area contributed by atoms with Gasteiger partial charge >= 0.3 is 0 Å². The van der Waals surface area contributed by atoms with Gasteiger partial charge in [0.15, 0.2) is 0 Å². The summed E-state index contributed by atoms with van der Waals surface area (Å²) in [5, 5.41) is 3.34. The molecule has 0 saturated heterocycles. The van der Waals surface area contributed by atoms with Crippen molar-refractivity contribution in [1.82, 2.24) is 19.4 Å². The van der Waals surface area contributed by atoms with Crippen molar-refractivity contribution in [2.24, 2.45) is 0 Å². The number of aromatic nitrogens is 3. The molecule has 0 unspecified atom stereocenters. The molecule has 0 aliphatic carbocycles. The van der Waals surface area contributed by atoms with E-state index >= 15 is 0 Å². The highest BCUT2D eigenvalue weighted by molar-refractivity contribution is 6.13. The highest BCUT2D eigenvalue weighted by atomic mass is 16.5. The number of hydrogen-bond acceptors (Lipinski definition) is 7. The van der Waals surface area contributed by atoms with Crippen LogP contribution >= 0.6 is 0 Å². The second-order valence-electron chi connectivity index (χ2n) is 9.29. The Kier molecular flexibility index (Phi) is 7.18. The number of ether oxygens (including phenoxy) is 1. The smallest absolute Gasteiger partial charge is 0.260 e. The van der Waals surface area contributed by atoms with Gasteiger partial charge in [0, 0.05) is 58.3 Å². The van der Waals surface area contributed by atoms with Crippen LogP contribution < -0.4 is 19.9 Å². The monoisotopic (exact) mass is 525 g/mol. The fourth-order valence-corrected chi connectivity index (χ4v) is 4.58. The van der Waals surface area contributed by atoms with Gasteiger partial charge in [-0.25, -0.2) is 9.97 Å². The topological polar surface area (TPSA) is 95.8 Å². The van der Waals surface area contributed by atoms with Crippen LogP contribution in [0, 0.1) is 0 Å². The quantitative estimate of drug-likeness (QED) is 0.361. The fraction of sp³-hybridized carbons (Fsp3) is 0.241. The molecule has 10 heteroatoms. The summed E-state index contributed by atoms with van der Waals surface area (Å²) in [5.41, 5.74) is 4.19. The molecule has 3 heterocycles. The number of benzene rings is 2. The van der Waals surface area contributed by atoms with E-state index in [0.29, 0.717) is 53.8 Å². The molecular weight excluding hydrogens is 494 g/mol. The van der Waals surface area contributed by atoms with Gasteiger partial charge in [-0.15, -0.1) is 0 Å². The zero-order valence-corrected chi connectivity index (χ0v) is 22.5. The highest BCUT2D eigenvalue weighted by Gasteiger charge is 2.27. The average molecular weight is 526 g/mol. The van der Waals surface area contributed by atoms with Crippen molar-refractivity contribution >= 4 is 40.4 Å². The van der Waals surface area contributed by atoms with E-state index < -0.39 is 0 Å². The van der Waals surface area contributed by atoms with E-state index in [0.717, 1.165) is 11.4 Å². The van der Waals surface area contributed by atoms with E-state index in [1.807, 2.05) is 66.0 Å². The van der Waals surface area contributed by atoms with Gasteiger partial charge in [0.1, 0.15) is 11.6 Å². The summed E-state index contributed by atoms with van der Waals surface area (Å²) in [6.07, 6.45) is 7.00. The lowest BCUT2D eigenvalue weighted by molar-refractivity contribution is 0.0789. The maximum atomic E-state index is 13.1. The van der Waals surface area contributed by atoms with E-state index in [9.17, 15) is 9.59 Å². The first-order valence-corrected chi connectivity index (χ1v) is 12.7. The van der Waals surface area contributed by atoms with Gasteiger partial charge in [-0.2, -0.15) is 0 Å².